The lowest BCUT2D eigenvalue weighted by atomic mass is 9.74. The van der Waals surface area contributed by atoms with E-state index in [4.69, 9.17) is 0 Å². The Bertz CT molecular complexity index is 886. The largest absolute Gasteiger partial charge is 0.273 e. The molecule has 1 saturated heterocycles. The van der Waals surface area contributed by atoms with E-state index in [2.05, 4.69) is 10.5 Å². The van der Waals surface area contributed by atoms with Crippen molar-refractivity contribution in [2.24, 2.45) is 16.9 Å². The lowest BCUT2D eigenvalue weighted by Gasteiger charge is -2.34. The summed E-state index contributed by atoms with van der Waals surface area (Å²) in [6.07, 6.45) is 7.96. The van der Waals surface area contributed by atoms with Crippen LogP contribution in [0.1, 0.15) is 62.5 Å². The van der Waals surface area contributed by atoms with Gasteiger partial charge in [0.05, 0.1) is 10.6 Å². The van der Waals surface area contributed by atoms with Crippen molar-refractivity contribution in [1.29, 1.82) is 0 Å². The van der Waals surface area contributed by atoms with Crippen LogP contribution in [0.15, 0.2) is 28.2 Å². The highest BCUT2D eigenvalue weighted by molar-refractivity contribution is 7.89. The number of nitrogens with one attached hydrogen (secondary N) is 1. The Morgan fingerprint density at radius 3 is 2.39 bits per heavy atom. The minimum atomic E-state index is -3.53. The van der Waals surface area contributed by atoms with E-state index in [0.717, 1.165) is 68.2 Å². The topological polar surface area (TPSA) is 78.8 Å². The van der Waals surface area contributed by atoms with Crippen LogP contribution in [0.25, 0.3) is 0 Å². The number of amides is 1. The summed E-state index contributed by atoms with van der Waals surface area (Å²) in [6.45, 7) is 3.03. The summed E-state index contributed by atoms with van der Waals surface area (Å²) in [5.74, 6) is 0.0325. The standard InChI is InChI=1S/C21H29N3O3S/c1-15-10-11-16(20-17-8-4-5-9-18(17)21(25)23-22-20)14-19(15)28(26,27)24-12-6-2-3-7-13-24/h10-11,14,17-18H,2-9,12-13H2,1H3,(H,23,25)/t17-,18+/m1/s1. The molecule has 1 N–H and O–H groups in total. The van der Waals surface area contributed by atoms with Crippen LogP contribution in [0.2, 0.25) is 0 Å². The maximum Gasteiger partial charge on any atom is 0.243 e. The van der Waals surface area contributed by atoms with Gasteiger partial charge in [-0.05, 0) is 49.8 Å². The maximum absolute atomic E-state index is 13.3. The van der Waals surface area contributed by atoms with E-state index in [9.17, 15) is 13.2 Å². The Kier molecular flexibility index (Phi) is 5.56. The lowest BCUT2D eigenvalue weighted by Crippen LogP contribution is -2.43. The highest BCUT2D eigenvalue weighted by Gasteiger charge is 2.38. The van der Waals surface area contributed by atoms with Gasteiger partial charge in [-0.25, -0.2) is 13.8 Å². The lowest BCUT2D eigenvalue weighted by molar-refractivity contribution is -0.127. The normalized spacial score (nSPS) is 26.8. The molecule has 0 spiro atoms. The Hall–Kier alpha value is -1.73. The number of aryl methyl sites for hydroxylation is 1. The molecule has 2 heterocycles. The molecule has 152 valence electrons. The molecule has 0 aromatic heterocycles. The zero-order valence-corrected chi connectivity index (χ0v) is 17.3. The number of hydrogen-bond donors (Lipinski definition) is 1. The van der Waals surface area contributed by atoms with Gasteiger partial charge in [-0.15, -0.1) is 0 Å². The molecule has 2 atom stereocenters. The Labute approximate surface area is 167 Å². The molecule has 1 saturated carbocycles. The van der Waals surface area contributed by atoms with E-state index in [1.54, 1.807) is 10.4 Å². The van der Waals surface area contributed by atoms with Gasteiger partial charge >= 0.3 is 0 Å². The van der Waals surface area contributed by atoms with Gasteiger partial charge in [-0.3, -0.25) is 4.79 Å². The van der Waals surface area contributed by atoms with Crippen LogP contribution in [0.5, 0.6) is 0 Å². The van der Waals surface area contributed by atoms with Crippen molar-refractivity contribution in [2.75, 3.05) is 13.1 Å². The SMILES string of the molecule is Cc1ccc(C2=NNC(=O)[C@H]3CCCC[C@@H]23)cc1S(=O)(=O)N1CCCCCC1. The molecule has 7 heteroatoms. The molecule has 3 aliphatic rings. The number of carbonyl (C=O) groups is 1. The van der Waals surface area contributed by atoms with Gasteiger partial charge in [-0.2, -0.15) is 9.41 Å². The second-order valence-corrected chi connectivity index (χ2v) is 10.2. The van der Waals surface area contributed by atoms with Crippen LogP contribution >= 0.6 is 0 Å². The molecule has 6 nitrogen and oxygen atoms in total. The van der Waals surface area contributed by atoms with E-state index in [0.29, 0.717) is 18.0 Å². The molecule has 0 radical (unpaired) electrons. The summed E-state index contributed by atoms with van der Waals surface area (Å²) in [5, 5.41) is 4.35. The second-order valence-electron chi connectivity index (χ2n) is 8.27. The number of fused-ring (bicyclic) bond motifs is 1. The summed E-state index contributed by atoms with van der Waals surface area (Å²) in [5.41, 5.74) is 5.07. The molecule has 1 aromatic carbocycles. The molecule has 1 amide bonds. The Morgan fingerprint density at radius 2 is 1.68 bits per heavy atom. The third kappa shape index (κ3) is 3.62. The van der Waals surface area contributed by atoms with Gasteiger partial charge in [-0.1, -0.05) is 37.8 Å². The maximum atomic E-state index is 13.3. The predicted octanol–water partition coefficient (Wildman–Crippen LogP) is 3.20. The summed E-state index contributed by atoms with van der Waals surface area (Å²) in [6, 6.07) is 5.59. The van der Waals surface area contributed by atoms with Crippen LogP contribution in [0.4, 0.5) is 0 Å². The molecule has 0 bridgehead atoms. The van der Waals surface area contributed by atoms with Crippen molar-refractivity contribution in [3.63, 3.8) is 0 Å². The molecule has 2 fully saturated rings. The van der Waals surface area contributed by atoms with Crippen LogP contribution in [-0.4, -0.2) is 37.4 Å². The van der Waals surface area contributed by atoms with E-state index in [1.807, 2.05) is 19.1 Å². The van der Waals surface area contributed by atoms with Crippen LogP contribution < -0.4 is 5.43 Å². The van der Waals surface area contributed by atoms with E-state index < -0.39 is 10.0 Å². The average Bonchev–Trinajstić information content (AvgIpc) is 2.99. The summed E-state index contributed by atoms with van der Waals surface area (Å²) in [4.78, 5) is 12.6. The number of nitrogens with zero attached hydrogens (tertiary/aromatic N) is 2. The highest BCUT2D eigenvalue weighted by Crippen LogP contribution is 2.36. The predicted molar refractivity (Wildman–Crippen MR) is 109 cm³/mol. The number of benzene rings is 1. The third-order valence-corrected chi connectivity index (χ3v) is 8.45. The summed E-state index contributed by atoms with van der Waals surface area (Å²) in [7, 11) is -3.53. The summed E-state index contributed by atoms with van der Waals surface area (Å²) >= 11 is 0. The first kappa shape index (κ1) is 19.6. The Morgan fingerprint density at radius 1 is 1.00 bits per heavy atom. The fraction of sp³-hybridized carbons (Fsp3) is 0.619. The smallest absolute Gasteiger partial charge is 0.243 e. The average molecular weight is 404 g/mol. The zero-order chi connectivity index (χ0) is 19.7. The van der Waals surface area contributed by atoms with Gasteiger partial charge in [0.1, 0.15) is 0 Å². The first-order chi connectivity index (χ1) is 13.5. The molecule has 0 unspecified atom stereocenters. The fourth-order valence-electron chi connectivity index (χ4n) is 4.79. The van der Waals surface area contributed by atoms with Crippen molar-refractivity contribution >= 4 is 21.6 Å². The molecular weight excluding hydrogens is 374 g/mol. The van der Waals surface area contributed by atoms with Gasteiger partial charge in [0.15, 0.2) is 0 Å². The minimum absolute atomic E-state index is 0.00188. The van der Waals surface area contributed by atoms with Crippen LogP contribution in [0.3, 0.4) is 0 Å². The van der Waals surface area contributed by atoms with Crippen LogP contribution in [0, 0.1) is 18.8 Å². The highest BCUT2D eigenvalue weighted by atomic mass is 32.2. The quantitative estimate of drug-likeness (QED) is 0.842. The van der Waals surface area contributed by atoms with E-state index >= 15 is 0 Å². The van der Waals surface area contributed by atoms with Crippen molar-refractivity contribution in [2.45, 2.75) is 63.2 Å². The van der Waals surface area contributed by atoms with Gasteiger partial charge < -0.3 is 0 Å². The fourth-order valence-corrected chi connectivity index (χ4v) is 6.56. The molecular formula is C21H29N3O3S. The number of sulfonamides is 1. The van der Waals surface area contributed by atoms with Crippen molar-refractivity contribution in [3.8, 4) is 0 Å². The number of rotatable bonds is 3. The molecule has 4 rings (SSSR count). The van der Waals surface area contributed by atoms with Gasteiger partial charge in [0.2, 0.25) is 15.9 Å². The van der Waals surface area contributed by atoms with E-state index in [-0.39, 0.29) is 17.7 Å². The number of hydrogen-bond acceptors (Lipinski definition) is 4. The van der Waals surface area contributed by atoms with Crippen molar-refractivity contribution in [1.82, 2.24) is 9.73 Å². The first-order valence-electron chi connectivity index (χ1n) is 10.5. The van der Waals surface area contributed by atoms with Gasteiger partial charge in [0, 0.05) is 24.9 Å². The third-order valence-electron chi connectivity index (χ3n) is 6.41. The monoisotopic (exact) mass is 403 g/mol. The minimum Gasteiger partial charge on any atom is -0.273 e. The van der Waals surface area contributed by atoms with Crippen molar-refractivity contribution in [3.05, 3.63) is 29.3 Å². The molecule has 28 heavy (non-hydrogen) atoms. The number of hydrazone groups is 1. The Balaban J connectivity index is 1.70. The first-order valence-corrected chi connectivity index (χ1v) is 11.9. The number of carbonyl (C=O) groups excluding carboxylic acids is 1. The second kappa shape index (κ2) is 7.95. The van der Waals surface area contributed by atoms with Crippen LogP contribution in [-0.2, 0) is 14.8 Å². The summed E-state index contributed by atoms with van der Waals surface area (Å²) < 4.78 is 28.3. The van der Waals surface area contributed by atoms with Gasteiger partial charge in [0.25, 0.3) is 0 Å². The van der Waals surface area contributed by atoms with Crippen molar-refractivity contribution < 1.29 is 13.2 Å². The molecule has 1 aromatic rings. The molecule has 1 aliphatic carbocycles. The van der Waals surface area contributed by atoms with E-state index in [1.165, 1.54) is 0 Å². The molecule has 2 aliphatic heterocycles. The zero-order valence-electron chi connectivity index (χ0n) is 16.5.